The van der Waals surface area contributed by atoms with Crippen molar-refractivity contribution in [2.24, 2.45) is 40.1 Å². The van der Waals surface area contributed by atoms with Gasteiger partial charge in [-0.2, -0.15) is 5.26 Å². The molecule has 6 aromatic carbocycles. The van der Waals surface area contributed by atoms with E-state index in [-0.39, 0.29) is 0 Å². The quantitative estimate of drug-likeness (QED) is 0.0126. The molecule has 6 aromatic rings. The number of hydrogen-bond donors (Lipinski definition) is 13. The van der Waals surface area contributed by atoms with Gasteiger partial charge in [0.25, 0.3) is 0 Å². The van der Waals surface area contributed by atoms with Crippen molar-refractivity contribution in [1.29, 1.82) is 5.26 Å². The second kappa shape index (κ2) is 81.4. The van der Waals surface area contributed by atoms with Crippen LogP contribution in [-0.4, -0.2) is 230 Å². The van der Waals surface area contributed by atoms with Gasteiger partial charge >= 0.3 is 0 Å². The first-order valence-electron chi connectivity index (χ1n) is 51.2. The fraction of sp³-hybridized carbons (Fsp3) is 0.645. The van der Waals surface area contributed by atoms with E-state index >= 15 is 0 Å². The van der Waals surface area contributed by atoms with E-state index in [9.17, 15) is 57.4 Å². The van der Waals surface area contributed by atoms with Crippen LogP contribution in [0, 0.1) is 11.3 Å². The number of rotatable bonds is 39. The molecular formula is C107H186N16O17S6-6. The van der Waals surface area contributed by atoms with Crippen LogP contribution in [0.4, 0.5) is 45.5 Å². The van der Waals surface area contributed by atoms with Crippen molar-refractivity contribution in [2.75, 3.05) is 173 Å². The van der Waals surface area contributed by atoms with Gasteiger partial charge in [0.2, 0.25) is 5.91 Å². The summed E-state index contributed by atoms with van der Waals surface area (Å²) in [4.78, 5) is 15.7. The highest BCUT2D eigenvalue weighted by Gasteiger charge is 2.23. The topological polar surface area (TPSA) is 579 Å². The van der Waals surface area contributed by atoms with Crippen LogP contribution >= 0.6 is 0 Å². The van der Waals surface area contributed by atoms with Gasteiger partial charge in [-0.25, -0.2) is 0 Å². The van der Waals surface area contributed by atoms with E-state index in [1.165, 1.54) is 99.1 Å². The van der Waals surface area contributed by atoms with Crippen LogP contribution in [-0.2, 0) is 88.8 Å². The predicted molar refractivity (Wildman–Crippen MR) is 611 cm³/mol. The summed E-state index contributed by atoms with van der Waals surface area (Å²) in [5, 5.41) is 29.0. The summed E-state index contributed by atoms with van der Waals surface area (Å²) in [5.74, 6) is 1.28. The molecular weight excluding hydrogens is 1970 g/mol. The molecule has 838 valence electrons. The number of nitrogens with zero attached hydrogens (tertiary/aromatic N) is 3. The number of carbonyl (C=O) groups is 1. The van der Waals surface area contributed by atoms with Crippen LogP contribution in [0.2, 0.25) is 0 Å². The standard InChI is InChI=1S/C17H29N3O.C15H25N3O.C14H22N2.C13H20N2O2.C12H19N3O.C12H17N3.6C4H10O2S/c1-14-12-20(13-15(2)21-14)17-8-6-16(7-9-17)19-11-5-3-4-10-18;16-7-2-1-3-8-17-14-5-4-6-15(13-14)18-9-11-19-12-10-18;15-9-2-1-3-10-16-14-8-7-12-5-4-6-13(12)11-14;14-6-2-1-3-7-15-11-4-5-12-13(10-11)17-9-8-16-12;13-7-2-1-3-8-15-11-6-4-5-10(9-11)12(14)16;13-8-2-1-3-9-15-12-6-4-11(10-14)5-7-12;6*1-4(2,3)7(5)6/h6-9,14-15,19H,3-5,10-13,18H2,1-2H3;4-6,13,17H,1-3,7-12,16H2;7-8,11,16H,1-6,9-10,15H2;4-5,10,15H,1-3,6-9,14H2;4-6,9,15H,1-3,7-8,13H2,(H2,14,16);4-7,15H,1-3,8-9,13H2;6*1-3H3,(H,5,6)/p-6/t14-,15+;;;;;;;;;;;. The van der Waals surface area contributed by atoms with Crippen molar-refractivity contribution in [3.63, 3.8) is 0 Å². The minimum Gasteiger partial charge on any atom is -0.772 e. The van der Waals surface area contributed by atoms with Gasteiger partial charge in [0.15, 0.2) is 11.5 Å². The van der Waals surface area contributed by atoms with E-state index in [4.69, 9.17) is 64.3 Å². The van der Waals surface area contributed by atoms with Gasteiger partial charge in [0.05, 0.1) is 37.1 Å². The number of fused-ring (bicyclic) bond motifs is 2. The Bertz CT molecular complexity index is 4370. The van der Waals surface area contributed by atoms with Gasteiger partial charge in [-0.05, 0) is 461 Å². The van der Waals surface area contributed by atoms with Crippen molar-refractivity contribution in [2.45, 2.75) is 314 Å². The molecule has 0 bridgehead atoms. The van der Waals surface area contributed by atoms with Crippen molar-refractivity contribution in [1.82, 2.24) is 0 Å². The maximum atomic E-state index is 10.9. The highest BCUT2D eigenvalue weighted by molar-refractivity contribution is 7.81. The largest absolute Gasteiger partial charge is 0.772 e. The molecule has 3 heterocycles. The Hall–Kier alpha value is -7.38. The summed E-state index contributed by atoms with van der Waals surface area (Å²) in [7, 11) is 0. The van der Waals surface area contributed by atoms with Crippen molar-refractivity contribution in [3.05, 3.63) is 156 Å². The van der Waals surface area contributed by atoms with E-state index in [0.717, 1.165) is 211 Å². The number of morpholine rings is 2. The lowest BCUT2D eigenvalue weighted by molar-refractivity contribution is -0.00522. The molecule has 0 saturated carbocycles. The number of nitriles is 1. The average Bonchev–Trinajstić information content (AvgIpc) is 1.74. The summed E-state index contributed by atoms with van der Waals surface area (Å²) in [6.07, 6.45) is 25.1. The van der Waals surface area contributed by atoms with Gasteiger partial charge in [0.1, 0.15) is 13.2 Å². The maximum Gasteiger partial charge on any atom is 0.248 e. The van der Waals surface area contributed by atoms with Crippen LogP contribution in [0.5, 0.6) is 11.5 Å². The molecule has 0 radical (unpaired) electrons. The molecule has 2 fully saturated rings. The molecule has 20 N–H and O–H groups in total. The number of amides is 1. The summed E-state index contributed by atoms with van der Waals surface area (Å²) in [5.41, 5.74) is 51.6. The van der Waals surface area contributed by atoms with E-state index in [1.807, 2.05) is 54.6 Å². The highest BCUT2D eigenvalue weighted by Crippen LogP contribution is 2.33. The first-order valence-corrected chi connectivity index (χ1v) is 57.6. The van der Waals surface area contributed by atoms with Crippen LogP contribution in [0.3, 0.4) is 0 Å². The molecule has 33 nitrogen and oxygen atoms in total. The number of aryl methyl sites for hydroxylation is 2. The Morgan fingerprint density at radius 2 is 0.658 bits per heavy atom. The number of benzene rings is 6. The number of nitrogens with two attached hydrogens (primary N) is 7. The predicted octanol–water partition coefficient (Wildman–Crippen LogP) is 17.0. The molecule has 0 spiro atoms. The molecule has 4 aliphatic rings. The summed E-state index contributed by atoms with van der Waals surface area (Å²) < 4.78 is 139. The lowest BCUT2D eigenvalue weighted by Gasteiger charge is -2.36. The van der Waals surface area contributed by atoms with Gasteiger partial charge in [-0.15, -0.1) is 0 Å². The number of hydrogen-bond acceptors (Lipinski definition) is 32. The molecule has 0 aromatic heterocycles. The Balaban J connectivity index is 0. The summed E-state index contributed by atoms with van der Waals surface area (Å²) in [6.45, 7) is 51.4. The molecule has 3 aliphatic heterocycles. The zero-order valence-electron chi connectivity index (χ0n) is 91.6. The summed E-state index contributed by atoms with van der Waals surface area (Å²) >= 11 is -11.6. The Kier molecular flexibility index (Phi) is 78.4. The van der Waals surface area contributed by atoms with Crippen LogP contribution in [0.1, 0.15) is 288 Å². The average molecular weight is 2160 g/mol. The van der Waals surface area contributed by atoms with Crippen LogP contribution in [0.15, 0.2) is 133 Å². The molecule has 146 heavy (non-hydrogen) atoms. The molecule has 1 amide bonds. The third-order valence-electron chi connectivity index (χ3n) is 20.9. The van der Waals surface area contributed by atoms with Gasteiger partial charge in [0, 0.05) is 151 Å². The first-order chi connectivity index (χ1) is 68.6. The first kappa shape index (κ1) is 141. The fourth-order valence-electron chi connectivity index (χ4n) is 12.2. The third kappa shape index (κ3) is 74.5. The highest BCUT2D eigenvalue weighted by atomic mass is 32.2. The molecule has 1 aliphatic carbocycles. The van der Waals surface area contributed by atoms with E-state index in [0.29, 0.717) is 36.5 Å². The zero-order chi connectivity index (χ0) is 111. The smallest absolute Gasteiger partial charge is 0.248 e. The number of nitrogens with one attached hydrogen (secondary N) is 6. The van der Waals surface area contributed by atoms with Gasteiger partial charge < -0.3 is 128 Å². The summed E-state index contributed by atoms with van der Waals surface area (Å²) in [6, 6.07) is 47.0. The fourth-order valence-corrected chi connectivity index (χ4v) is 12.2. The van der Waals surface area contributed by atoms with Crippen molar-refractivity contribution >= 4 is 118 Å². The molecule has 39 heteroatoms. The molecule has 2 saturated heterocycles. The zero-order valence-corrected chi connectivity index (χ0v) is 96.5. The number of primary amides is 1. The third-order valence-corrected chi connectivity index (χ3v) is 26.9. The van der Waals surface area contributed by atoms with Crippen molar-refractivity contribution < 1.29 is 76.3 Å². The van der Waals surface area contributed by atoms with E-state index in [2.05, 4.69) is 128 Å². The number of anilines is 8. The normalized spacial score (nSPS) is 15.2. The Morgan fingerprint density at radius 3 is 1.00 bits per heavy atom. The SMILES string of the molecule is CC(C)(C)S(=O)[O-].CC(C)(C)S(=O)[O-].CC(C)(C)S(=O)[O-].CC(C)(C)S(=O)[O-].CC(C)(C)S(=O)[O-].CC(C)(C)S(=O)[O-].C[C@@H]1CN(c2ccc(NCCCCCN)cc2)C[C@H](C)O1.N#Cc1ccc(NCCCCCN)cc1.NCCCCCNc1ccc2c(c1)CCC2.NCCCCCNc1ccc2c(c1)OCCO2.NCCCCCNc1cccc(C(N)=O)c1.NCCCCCNc1cccc(N2CCOCC2)c1. The van der Waals surface area contributed by atoms with Gasteiger partial charge in [-0.3, -0.25) is 30.0 Å². The molecule has 6 unspecified atom stereocenters. The van der Waals surface area contributed by atoms with Gasteiger partial charge in [-0.1, -0.05) is 56.7 Å². The second-order valence-corrected chi connectivity index (χ2v) is 51.1. The Morgan fingerprint density at radius 1 is 0.356 bits per heavy atom. The van der Waals surface area contributed by atoms with Crippen LogP contribution < -0.4 is 91.3 Å². The lowest BCUT2D eigenvalue weighted by Crippen LogP contribution is -2.45. The molecule has 10 rings (SSSR count). The van der Waals surface area contributed by atoms with E-state index in [1.54, 1.807) is 148 Å². The van der Waals surface area contributed by atoms with Crippen LogP contribution in [0.25, 0.3) is 0 Å². The Labute approximate surface area is 893 Å². The number of carbonyl (C=O) groups excluding carboxylic acids is 1. The lowest BCUT2D eigenvalue weighted by atomic mass is 10.1. The maximum absolute atomic E-state index is 10.9. The van der Waals surface area contributed by atoms with Crippen molar-refractivity contribution in [3.8, 4) is 17.6 Å². The number of ether oxygens (including phenoxy) is 4. The second-order valence-electron chi connectivity index (χ2n) is 40.9. The minimum atomic E-state index is -1.93. The van der Waals surface area contributed by atoms with E-state index < -0.39 is 101 Å². The number of unbranched alkanes of at least 4 members (excludes halogenated alkanes) is 12. The molecule has 8 atom stereocenters. The minimum absolute atomic E-state index is 0.300. The monoisotopic (exact) mass is 2160 g/mol.